The van der Waals surface area contributed by atoms with Gasteiger partial charge in [-0.2, -0.15) is 5.01 Å². The molecule has 12 heteroatoms. The molecule has 4 aromatic rings. The highest BCUT2D eigenvalue weighted by Gasteiger charge is 2.68. The number of hydrogen-bond acceptors (Lipinski definition) is 6. The molecule has 2 fully saturated rings. The first-order valence-electron chi connectivity index (χ1n) is 14.1. The Balaban J connectivity index is 1.51. The average molecular weight is 616 g/mol. The Kier molecular flexibility index (Phi) is 6.22. The number of aromatic nitrogens is 3. The summed E-state index contributed by atoms with van der Waals surface area (Å²) in [7, 11) is 1.41. The summed E-state index contributed by atoms with van der Waals surface area (Å²) in [5, 5.41) is 11.8. The van der Waals surface area contributed by atoms with Crippen LogP contribution in [0.1, 0.15) is 35.1 Å². The topological polar surface area (TPSA) is 119 Å². The van der Waals surface area contributed by atoms with Crippen LogP contribution in [0, 0.1) is 18.7 Å². The van der Waals surface area contributed by atoms with Crippen LogP contribution in [0.3, 0.4) is 0 Å². The molecule has 1 saturated carbocycles. The van der Waals surface area contributed by atoms with E-state index in [1.807, 2.05) is 6.08 Å². The number of allylic oxidation sites excluding steroid dienone is 2. The van der Waals surface area contributed by atoms with Crippen LogP contribution in [0.5, 0.6) is 5.75 Å². The van der Waals surface area contributed by atoms with Crippen LogP contribution in [-0.2, 0) is 28.6 Å². The number of hydrazine groups is 1. The number of nitrogens with zero attached hydrogens (tertiary/aromatic N) is 4. The first kappa shape index (κ1) is 27.9. The number of fused-ring (bicyclic) bond motifs is 4. The Morgan fingerprint density at radius 3 is 2.36 bits per heavy atom. The van der Waals surface area contributed by atoms with Gasteiger partial charge >= 0.3 is 11.4 Å². The summed E-state index contributed by atoms with van der Waals surface area (Å²) in [5.41, 5.74) is 3.20. The Hall–Kier alpha value is -4.90. The van der Waals surface area contributed by atoms with Crippen molar-refractivity contribution < 1.29 is 19.1 Å². The maximum absolute atomic E-state index is 14.9. The third-order valence-electron chi connectivity index (χ3n) is 9.26. The number of carbonyl (C=O) groups excluding carboxylic acids is 2. The van der Waals surface area contributed by atoms with E-state index in [0.717, 1.165) is 9.58 Å². The maximum atomic E-state index is 14.9. The highest BCUT2D eigenvalue weighted by Crippen LogP contribution is 2.62. The summed E-state index contributed by atoms with van der Waals surface area (Å²) in [6.45, 7) is 1.83. The first-order chi connectivity index (χ1) is 21.0. The van der Waals surface area contributed by atoms with Crippen LogP contribution < -0.4 is 16.8 Å². The molecule has 44 heavy (non-hydrogen) atoms. The molecule has 7 rings (SSSR count). The number of hydrogen-bond donors (Lipinski definition) is 2. The number of nitrogens with one attached hydrogen (secondary N) is 1. The number of aryl methyl sites for hydroxylation is 1. The monoisotopic (exact) mass is 615 g/mol. The summed E-state index contributed by atoms with van der Waals surface area (Å²) >= 11 is 6.28. The van der Waals surface area contributed by atoms with Gasteiger partial charge in [0.15, 0.2) is 0 Å². The number of aromatic hydroxyl groups is 1. The predicted molar refractivity (Wildman–Crippen MR) is 160 cm³/mol. The first-order valence-corrected chi connectivity index (χ1v) is 14.5. The van der Waals surface area contributed by atoms with E-state index in [9.17, 15) is 28.7 Å². The zero-order valence-corrected chi connectivity index (χ0v) is 24.5. The highest BCUT2D eigenvalue weighted by atomic mass is 35.5. The number of carbonyl (C=O) groups is 2. The largest absolute Gasteiger partial charge is 0.508 e. The number of phenolic OH excluding ortho intramolecular Hbond substituents is 1. The van der Waals surface area contributed by atoms with Crippen molar-refractivity contribution in [1.82, 2.24) is 18.9 Å². The normalized spacial score (nSPS) is 24.0. The summed E-state index contributed by atoms with van der Waals surface area (Å²) < 4.78 is 17.5. The van der Waals surface area contributed by atoms with Crippen molar-refractivity contribution in [2.75, 3.05) is 5.43 Å². The molecule has 3 aromatic carbocycles. The van der Waals surface area contributed by atoms with Gasteiger partial charge in [-0.25, -0.2) is 27.9 Å². The van der Waals surface area contributed by atoms with E-state index in [1.165, 1.54) is 40.7 Å². The van der Waals surface area contributed by atoms with E-state index in [4.69, 9.17) is 11.6 Å². The van der Waals surface area contributed by atoms with Gasteiger partial charge in [-0.1, -0.05) is 41.9 Å². The molecule has 10 nitrogen and oxygen atoms in total. The smallest absolute Gasteiger partial charge is 0.347 e. The zero-order valence-electron chi connectivity index (χ0n) is 23.7. The molecule has 224 valence electrons. The average Bonchev–Trinajstić information content (AvgIpc) is 3.36. The van der Waals surface area contributed by atoms with Crippen molar-refractivity contribution in [3.63, 3.8) is 0 Å². The fraction of sp³-hybridized carbons (Fsp3) is 0.250. The van der Waals surface area contributed by atoms with E-state index in [1.54, 1.807) is 49.4 Å². The molecule has 4 unspecified atom stereocenters. The van der Waals surface area contributed by atoms with E-state index in [2.05, 4.69) is 5.43 Å². The fourth-order valence-corrected chi connectivity index (χ4v) is 7.39. The van der Waals surface area contributed by atoms with Gasteiger partial charge < -0.3 is 5.11 Å². The number of benzene rings is 3. The van der Waals surface area contributed by atoms with Gasteiger partial charge in [0.05, 0.1) is 29.6 Å². The lowest BCUT2D eigenvalue weighted by molar-refractivity contribution is -0.138. The van der Waals surface area contributed by atoms with E-state index in [0.29, 0.717) is 33.0 Å². The van der Waals surface area contributed by atoms with Gasteiger partial charge in [-0.15, -0.1) is 0 Å². The van der Waals surface area contributed by atoms with Gasteiger partial charge in [0.25, 0.3) is 11.8 Å². The van der Waals surface area contributed by atoms with Gasteiger partial charge in [-0.3, -0.25) is 15.0 Å². The summed E-state index contributed by atoms with van der Waals surface area (Å²) in [4.78, 5) is 55.7. The molecule has 0 radical (unpaired) electrons. The van der Waals surface area contributed by atoms with Crippen molar-refractivity contribution in [1.29, 1.82) is 0 Å². The van der Waals surface area contributed by atoms with Gasteiger partial charge in [0.2, 0.25) is 0 Å². The number of anilines is 1. The Bertz CT molecular complexity index is 2010. The number of halogens is 2. The van der Waals surface area contributed by atoms with E-state index >= 15 is 0 Å². The minimum absolute atomic E-state index is 0.0531. The third-order valence-corrected chi connectivity index (χ3v) is 9.52. The lowest BCUT2D eigenvalue weighted by Gasteiger charge is -2.49. The second-order valence-corrected chi connectivity index (χ2v) is 11.9. The maximum Gasteiger partial charge on any atom is 0.347 e. The molecule has 2 aliphatic heterocycles. The second-order valence-electron chi connectivity index (χ2n) is 11.5. The number of rotatable bonds is 4. The van der Waals surface area contributed by atoms with Crippen LogP contribution in [0.2, 0.25) is 5.02 Å². The van der Waals surface area contributed by atoms with Gasteiger partial charge in [0.1, 0.15) is 11.6 Å². The molecule has 0 spiro atoms. The van der Waals surface area contributed by atoms with Crippen molar-refractivity contribution in [3.8, 4) is 5.75 Å². The molecule has 0 bridgehead atoms. The summed E-state index contributed by atoms with van der Waals surface area (Å²) in [6.07, 6.45) is 1.91. The van der Waals surface area contributed by atoms with Crippen molar-refractivity contribution in [2.24, 2.45) is 13.0 Å². The van der Waals surface area contributed by atoms with Gasteiger partial charge in [-0.05, 0) is 78.1 Å². The summed E-state index contributed by atoms with van der Waals surface area (Å²) in [5.74, 6) is -3.23. The Labute approximate surface area is 255 Å². The molecule has 1 aromatic heterocycles. The molecule has 3 aliphatic rings. The Morgan fingerprint density at radius 2 is 1.68 bits per heavy atom. The molecule has 2 amide bonds. The molecule has 1 aliphatic carbocycles. The predicted octanol–water partition coefficient (Wildman–Crippen LogP) is 3.77. The third kappa shape index (κ3) is 3.78. The van der Waals surface area contributed by atoms with Crippen LogP contribution in [0.4, 0.5) is 10.1 Å². The lowest BCUT2D eigenvalue weighted by atomic mass is 9.53. The SMILES string of the molecule is Cc1cc(C2C3=CCn4c(=O)n(C)c(=O)n4C3CC3C(=O)N(Nc4ccc(F)cc4)C(=O)C32c2ccc(Cl)cc2)ccc1O. The van der Waals surface area contributed by atoms with Crippen LogP contribution >= 0.6 is 11.6 Å². The Morgan fingerprint density at radius 1 is 0.977 bits per heavy atom. The fourth-order valence-electron chi connectivity index (χ4n) is 7.26. The minimum Gasteiger partial charge on any atom is -0.508 e. The van der Waals surface area contributed by atoms with Crippen molar-refractivity contribution in [2.45, 2.75) is 37.3 Å². The quantitative estimate of drug-likeness (QED) is 0.267. The molecule has 4 atom stereocenters. The number of imide groups is 1. The lowest BCUT2D eigenvalue weighted by Crippen LogP contribution is -2.53. The van der Waals surface area contributed by atoms with Gasteiger partial charge in [0, 0.05) is 18.0 Å². The number of phenols is 1. The standard InChI is InChI=1S/C32H27ClFN5O5/c1-17-15-18(3-12-26(17)40)27-23-13-14-37-30(43)36(2)31(44)39(37)25(23)16-24-28(41)38(35-22-10-8-21(34)9-11-22)29(42)32(24,27)19-4-6-20(33)7-5-19/h3-13,15,24-25,27,35,40H,14,16H2,1-2H3. The molecule has 1 saturated heterocycles. The second kappa shape index (κ2) is 9.81. The molecular weight excluding hydrogens is 589 g/mol. The molecule has 3 heterocycles. The highest BCUT2D eigenvalue weighted by molar-refractivity contribution is 6.30. The number of amides is 2. The summed E-state index contributed by atoms with van der Waals surface area (Å²) in [6, 6.07) is 16.4. The zero-order chi connectivity index (χ0) is 31.1. The van der Waals surface area contributed by atoms with Crippen molar-refractivity contribution >= 4 is 29.1 Å². The van der Waals surface area contributed by atoms with E-state index in [-0.39, 0.29) is 18.7 Å². The van der Waals surface area contributed by atoms with Crippen molar-refractivity contribution in [3.05, 3.63) is 127 Å². The van der Waals surface area contributed by atoms with Crippen LogP contribution in [0.15, 0.2) is 88.0 Å². The van der Waals surface area contributed by atoms with Crippen LogP contribution in [0.25, 0.3) is 0 Å². The minimum atomic E-state index is -1.50. The molecule has 2 N–H and O–H groups in total. The van der Waals surface area contributed by atoms with Crippen LogP contribution in [-0.4, -0.2) is 35.9 Å². The van der Waals surface area contributed by atoms with E-state index < -0.39 is 52.3 Å². The molecular formula is C32H27ClFN5O5.